The Morgan fingerprint density at radius 3 is 2.40 bits per heavy atom. The number of nitro groups is 1. The minimum absolute atomic E-state index is 0. The molecule has 0 amide bonds. The summed E-state index contributed by atoms with van der Waals surface area (Å²) in [5.74, 6) is 0. The Kier molecular flexibility index (Phi) is 6.70. The molecule has 2 aromatic carbocycles. The highest BCUT2D eigenvalue weighted by Crippen LogP contribution is 2.12. The van der Waals surface area contributed by atoms with E-state index in [4.69, 9.17) is 0 Å². The van der Waals surface area contributed by atoms with Crippen LogP contribution in [0.1, 0.15) is 11.1 Å². The van der Waals surface area contributed by atoms with E-state index in [-0.39, 0.29) is 23.0 Å². The van der Waals surface area contributed by atoms with Crippen LogP contribution < -0.4 is 17.7 Å². The standard InChI is InChI=1S/C15H16N2O2.ClH/c18-17(19)15-8-4-7-14(11-15)12-16-10-9-13-5-2-1-3-6-13;/h1-8,11,16H,9-10,12H2;1H/p-1. The van der Waals surface area contributed by atoms with Crippen LogP contribution >= 0.6 is 0 Å². The fraction of sp³-hybridized carbons (Fsp3) is 0.200. The lowest BCUT2D eigenvalue weighted by Gasteiger charge is -2.05. The zero-order valence-electron chi connectivity index (χ0n) is 11.0. The van der Waals surface area contributed by atoms with Crippen LogP contribution in [0.3, 0.4) is 0 Å². The lowest BCUT2D eigenvalue weighted by Crippen LogP contribution is -3.00. The molecule has 5 heteroatoms. The molecule has 0 aromatic heterocycles. The number of halogens is 1. The van der Waals surface area contributed by atoms with Gasteiger partial charge in [0.15, 0.2) is 0 Å². The smallest absolute Gasteiger partial charge is 0.269 e. The summed E-state index contributed by atoms with van der Waals surface area (Å²) in [6.45, 7) is 1.50. The average molecular weight is 292 g/mol. The summed E-state index contributed by atoms with van der Waals surface area (Å²) in [7, 11) is 0. The van der Waals surface area contributed by atoms with Crippen molar-refractivity contribution in [2.45, 2.75) is 13.0 Å². The molecule has 0 fully saturated rings. The normalized spacial score (nSPS) is 9.80. The Morgan fingerprint density at radius 1 is 1.00 bits per heavy atom. The number of non-ortho nitro benzene ring substituents is 1. The van der Waals surface area contributed by atoms with E-state index in [1.54, 1.807) is 12.1 Å². The summed E-state index contributed by atoms with van der Waals surface area (Å²) in [5, 5.41) is 13.9. The van der Waals surface area contributed by atoms with E-state index in [0.29, 0.717) is 6.54 Å². The van der Waals surface area contributed by atoms with Crippen molar-refractivity contribution >= 4 is 5.69 Å². The largest absolute Gasteiger partial charge is 1.00 e. The van der Waals surface area contributed by atoms with Gasteiger partial charge < -0.3 is 17.7 Å². The number of nitrogens with one attached hydrogen (secondary N) is 1. The van der Waals surface area contributed by atoms with Crippen molar-refractivity contribution in [3.05, 3.63) is 75.8 Å². The van der Waals surface area contributed by atoms with Crippen LogP contribution in [0.4, 0.5) is 5.69 Å². The molecule has 4 nitrogen and oxygen atoms in total. The molecule has 1 N–H and O–H groups in total. The van der Waals surface area contributed by atoms with Gasteiger partial charge in [-0.05, 0) is 24.1 Å². The summed E-state index contributed by atoms with van der Waals surface area (Å²) in [5.41, 5.74) is 2.36. The number of hydrogen-bond acceptors (Lipinski definition) is 3. The van der Waals surface area contributed by atoms with E-state index < -0.39 is 0 Å². The Morgan fingerprint density at radius 2 is 1.70 bits per heavy atom. The monoisotopic (exact) mass is 291 g/mol. The zero-order valence-corrected chi connectivity index (χ0v) is 11.7. The maximum atomic E-state index is 10.7. The van der Waals surface area contributed by atoms with Gasteiger partial charge in [0.05, 0.1) is 4.92 Å². The fourth-order valence-corrected chi connectivity index (χ4v) is 1.89. The molecule has 0 aliphatic rings. The second kappa shape index (κ2) is 8.30. The molecule has 0 atom stereocenters. The third-order valence-corrected chi connectivity index (χ3v) is 2.88. The Labute approximate surface area is 124 Å². The molecule has 0 unspecified atom stereocenters. The summed E-state index contributed by atoms with van der Waals surface area (Å²) in [6, 6.07) is 17.0. The first kappa shape index (κ1) is 16.1. The lowest BCUT2D eigenvalue weighted by atomic mass is 10.1. The van der Waals surface area contributed by atoms with E-state index in [0.717, 1.165) is 18.5 Å². The maximum absolute atomic E-state index is 10.7. The van der Waals surface area contributed by atoms with E-state index in [2.05, 4.69) is 17.4 Å². The molecule has 20 heavy (non-hydrogen) atoms. The topological polar surface area (TPSA) is 55.2 Å². The highest BCUT2D eigenvalue weighted by atomic mass is 35.5. The molecule has 2 aromatic rings. The van der Waals surface area contributed by atoms with Crippen molar-refractivity contribution in [1.29, 1.82) is 0 Å². The van der Waals surface area contributed by atoms with Gasteiger partial charge in [-0.1, -0.05) is 42.5 Å². The minimum atomic E-state index is -0.368. The van der Waals surface area contributed by atoms with Crippen molar-refractivity contribution < 1.29 is 17.3 Å². The SMILES string of the molecule is O=[N+]([O-])c1cccc(CNCCc2ccccc2)c1.[Cl-]. The van der Waals surface area contributed by atoms with E-state index >= 15 is 0 Å². The number of hydrogen-bond donors (Lipinski definition) is 1. The highest BCUT2D eigenvalue weighted by molar-refractivity contribution is 5.34. The maximum Gasteiger partial charge on any atom is 0.269 e. The molecule has 0 spiro atoms. The van der Waals surface area contributed by atoms with Crippen LogP contribution in [0.5, 0.6) is 0 Å². The molecule has 0 saturated heterocycles. The van der Waals surface area contributed by atoms with E-state index in [1.807, 2.05) is 24.3 Å². The second-order valence-electron chi connectivity index (χ2n) is 4.34. The Hall–Kier alpha value is -1.91. The summed E-state index contributed by atoms with van der Waals surface area (Å²) in [6.07, 6.45) is 0.954. The van der Waals surface area contributed by atoms with Crippen molar-refractivity contribution in [1.82, 2.24) is 5.32 Å². The van der Waals surface area contributed by atoms with Gasteiger partial charge in [-0.15, -0.1) is 0 Å². The minimum Gasteiger partial charge on any atom is -1.00 e. The molecule has 0 saturated carbocycles. The summed E-state index contributed by atoms with van der Waals surface area (Å²) < 4.78 is 0. The van der Waals surface area contributed by atoms with Crippen LogP contribution in [0.2, 0.25) is 0 Å². The van der Waals surface area contributed by atoms with Gasteiger partial charge in [0, 0.05) is 18.7 Å². The zero-order chi connectivity index (χ0) is 13.5. The first-order valence-corrected chi connectivity index (χ1v) is 6.24. The molecule has 0 radical (unpaired) electrons. The van der Waals surface area contributed by atoms with Crippen LogP contribution in [0.25, 0.3) is 0 Å². The van der Waals surface area contributed by atoms with Crippen molar-refractivity contribution in [3.8, 4) is 0 Å². The predicted molar refractivity (Wildman–Crippen MR) is 74.9 cm³/mol. The van der Waals surface area contributed by atoms with Crippen LogP contribution in [0, 0.1) is 10.1 Å². The Bertz CT molecular complexity index is 547. The lowest BCUT2D eigenvalue weighted by molar-refractivity contribution is -0.384. The van der Waals surface area contributed by atoms with E-state index in [1.165, 1.54) is 11.6 Å². The van der Waals surface area contributed by atoms with Gasteiger partial charge in [-0.3, -0.25) is 10.1 Å². The summed E-state index contributed by atoms with van der Waals surface area (Å²) in [4.78, 5) is 10.3. The van der Waals surface area contributed by atoms with E-state index in [9.17, 15) is 10.1 Å². The molecular weight excluding hydrogens is 276 g/mol. The van der Waals surface area contributed by atoms with Gasteiger partial charge >= 0.3 is 0 Å². The molecular formula is C15H16ClN2O2-. The predicted octanol–water partition coefficient (Wildman–Crippen LogP) is -0.0689. The molecule has 0 aliphatic heterocycles. The van der Waals surface area contributed by atoms with Crippen molar-refractivity contribution in [2.75, 3.05) is 6.54 Å². The molecule has 0 heterocycles. The van der Waals surface area contributed by atoms with Crippen LogP contribution in [-0.2, 0) is 13.0 Å². The van der Waals surface area contributed by atoms with Gasteiger partial charge in [0.25, 0.3) is 5.69 Å². The summed E-state index contributed by atoms with van der Waals surface area (Å²) >= 11 is 0. The Balaban J connectivity index is 0.00000200. The average Bonchev–Trinajstić information content (AvgIpc) is 2.45. The molecule has 2 rings (SSSR count). The van der Waals surface area contributed by atoms with Crippen LogP contribution in [-0.4, -0.2) is 11.5 Å². The highest BCUT2D eigenvalue weighted by Gasteiger charge is 2.04. The third-order valence-electron chi connectivity index (χ3n) is 2.88. The van der Waals surface area contributed by atoms with Gasteiger partial charge in [0.1, 0.15) is 0 Å². The molecule has 106 valence electrons. The fourth-order valence-electron chi connectivity index (χ4n) is 1.89. The van der Waals surface area contributed by atoms with Crippen LogP contribution in [0.15, 0.2) is 54.6 Å². The van der Waals surface area contributed by atoms with Gasteiger partial charge in [0.2, 0.25) is 0 Å². The molecule has 0 bridgehead atoms. The molecule has 0 aliphatic carbocycles. The third kappa shape index (κ3) is 4.99. The first-order valence-electron chi connectivity index (χ1n) is 6.24. The first-order chi connectivity index (χ1) is 9.25. The van der Waals surface area contributed by atoms with Gasteiger partial charge in [-0.25, -0.2) is 0 Å². The number of benzene rings is 2. The number of nitrogens with zero attached hydrogens (tertiary/aromatic N) is 1. The second-order valence-corrected chi connectivity index (χ2v) is 4.34. The van der Waals surface area contributed by atoms with Gasteiger partial charge in [-0.2, -0.15) is 0 Å². The number of rotatable bonds is 6. The quantitative estimate of drug-likeness (QED) is 0.461. The number of nitro benzene ring substituents is 1. The van der Waals surface area contributed by atoms with Crippen molar-refractivity contribution in [2.24, 2.45) is 0 Å². The van der Waals surface area contributed by atoms with Crippen molar-refractivity contribution in [3.63, 3.8) is 0 Å².